The average Bonchev–Trinajstić information content (AvgIpc) is 3.17. The Morgan fingerprint density at radius 1 is 1.21 bits per heavy atom. The summed E-state index contributed by atoms with van der Waals surface area (Å²) in [5, 5.41) is 23.4. The molecule has 3 unspecified atom stereocenters. The van der Waals surface area contributed by atoms with Gasteiger partial charge in [0.2, 0.25) is 11.5 Å². The number of hydrogen-bond donors (Lipinski definition) is 7. The van der Waals surface area contributed by atoms with E-state index in [0.717, 1.165) is 10.9 Å². The molecule has 34 heavy (non-hydrogen) atoms. The van der Waals surface area contributed by atoms with Crippen LogP contribution in [0.5, 0.6) is 0 Å². The lowest BCUT2D eigenvalue weighted by atomic mass is 9.95. The lowest BCUT2D eigenvalue weighted by molar-refractivity contribution is -0.0718. The highest BCUT2D eigenvalue weighted by Gasteiger charge is 2.57. The Balaban J connectivity index is 1.83. The van der Waals surface area contributed by atoms with Crippen molar-refractivity contribution in [2.75, 3.05) is 12.3 Å². The van der Waals surface area contributed by atoms with E-state index in [1.807, 2.05) is 5.38 Å². The topological polar surface area (TPSA) is 279 Å². The third kappa shape index (κ3) is 6.00. The van der Waals surface area contributed by atoms with Gasteiger partial charge in [0.05, 0.1) is 19.1 Å². The van der Waals surface area contributed by atoms with Gasteiger partial charge in [0.15, 0.2) is 11.9 Å². The first kappa shape index (κ1) is 27.1. The number of nitrogens with zero attached hydrogens (tertiary/aromatic N) is 4. The van der Waals surface area contributed by atoms with Crippen LogP contribution in [0.3, 0.4) is 0 Å². The third-order valence-corrected chi connectivity index (χ3v) is 8.03. The van der Waals surface area contributed by atoms with Gasteiger partial charge in [-0.25, -0.2) is 23.7 Å². The normalized spacial score (nSPS) is 28.7. The molecule has 3 heterocycles. The third-order valence-electron chi connectivity index (χ3n) is 4.14. The Kier molecular flexibility index (Phi) is 7.57. The number of nitrogen functional groups attached to an aromatic ring is 1. The van der Waals surface area contributed by atoms with Crippen molar-refractivity contribution in [2.24, 2.45) is 0 Å². The number of aliphatic hydroxyl groups is 2. The monoisotopic (exact) mass is 565 g/mol. The second-order valence-electron chi connectivity index (χ2n) is 6.49. The van der Waals surface area contributed by atoms with Gasteiger partial charge in [-0.15, -0.1) is 0 Å². The molecule has 1 saturated heterocycles. The number of ether oxygens (including phenoxy) is 1. The van der Waals surface area contributed by atoms with Crippen molar-refractivity contribution >= 4 is 52.2 Å². The maximum Gasteiger partial charge on any atom is 0.490 e. The van der Waals surface area contributed by atoms with Crippen molar-refractivity contribution in [2.45, 2.75) is 24.0 Å². The van der Waals surface area contributed by atoms with Gasteiger partial charge in [-0.1, -0.05) is 0 Å². The molecule has 8 N–H and O–H groups in total. The summed E-state index contributed by atoms with van der Waals surface area (Å²) in [5.74, 6) is 1.98. The summed E-state index contributed by atoms with van der Waals surface area (Å²) in [5.41, 5.74) is 3.36. The van der Waals surface area contributed by atoms with Crippen LogP contribution in [-0.2, 0) is 31.6 Å². The number of rotatable bonds is 8. The van der Waals surface area contributed by atoms with E-state index < -0.39 is 54.1 Å². The predicted octanol–water partition coefficient (Wildman–Crippen LogP) is -1.06. The average molecular weight is 566 g/mol. The second-order valence-corrected chi connectivity index (χ2v) is 11.1. The molecule has 6 atom stereocenters. The molecule has 22 heteroatoms. The van der Waals surface area contributed by atoms with E-state index in [1.165, 1.54) is 6.20 Å². The zero-order chi connectivity index (χ0) is 25.5. The summed E-state index contributed by atoms with van der Waals surface area (Å²) in [6.45, 7) is -1.07. The van der Waals surface area contributed by atoms with Crippen molar-refractivity contribution < 1.29 is 61.4 Å². The van der Waals surface area contributed by atoms with Gasteiger partial charge in [-0.2, -0.15) is 13.6 Å². The molecule has 188 valence electrons. The Morgan fingerprint density at radius 2 is 1.88 bits per heavy atom. The summed E-state index contributed by atoms with van der Waals surface area (Å²) in [4.78, 5) is 47.6. The number of aromatic nitrogens is 4. The van der Waals surface area contributed by atoms with Gasteiger partial charge in [-0.3, -0.25) is 9.09 Å². The summed E-state index contributed by atoms with van der Waals surface area (Å²) < 4.78 is 52.3. The zero-order valence-electron chi connectivity index (χ0n) is 16.2. The van der Waals surface area contributed by atoms with Gasteiger partial charge in [0.25, 0.3) is 0 Å². The molecule has 0 bridgehead atoms. The quantitative estimate of drug-likeness (QED) is 0.148. The Morgan fingerprint density at radius 3 is 2.50 bits per heavy atom. The van der Waals surface area contributed by atoms with Gasteiger partial charge in [-0.05, 0) is 17.5 Å². The van der Waals surface area contributed by atoms with Crippen LogP contribution in [-0.4, -0.2) is 73.7 Å². The second kappa shape index (κ2) is 9.51. The van der Waals surface area contributed by atoms with E-state index in [-0.39, 0.29) is 17.1 Å². The van der Waals surface area contributed by atoms with Gasteiger partial charge < -0.3 is 40.3 Å². The summed E-state index contributed by atoms with van der Waals surface area (Å²) in [6.07, 6.45) is -2.79. The minimum absolute atomic E-state index is 0.0491. The minimum Gasteiger partial charge on any atom is -0.386 e. The summed E-state index contributed by atoms with van der Waals surface area (Å²) in [7, 11) is -16.9. The first-order valence-electron chi connectivity index (χ1n) is 8.49. The smallest absolute Gasteiger partial charge is 0.386 e. The molecular weight excluding hydrogens is 551 g/mol. The lowest BCUT2D eigenvalue weighted by Gasteiger charge is -2.26. The fourth-order valence-electron chi connectivity index (χ4n) is 2.87. The number of fused-ring (bicyclic) bond motifs is 1. The molecule has 18 nitrogen and oxygen atoms in total. The maximum absolute atomic E-state index is 11.9. The molecule has 0 aliphatic carbocycles. The molecule has 2 aromatic heterocycles. The molecule has 1 fully saturated rings. The molecule has 0 radical (unpaired) electrons. The van der Waals surface area contributed by atoms with Crippen molar-refractivity contribution in [3.8, 4) is 11.3 Å². The van der Waals surface area contributed by atoms with E-state index >= 15 is 0 Å². The number of nitrogens with two attached hydrogens (primary N) is 1. The molecule has 0 aromatic carbocycles. The maximum atomic E-state index is 11.9. The van der Waals surface area contributed by atoms with Crippen LogP contribution in [0.4, 0.5) is 5.95 Å². The molecule has 0 amide bonds. The van der Waals surface area contributed by atoms with Gasteiger partial charge in [0.1, 0.15) is 17.7 Å². The summed E-state index contributed by atoms with van der Waals surface area (Å²) >= 11 is 5.40. The highest BCUT2D eigenvalue weighted by atomic mass is 35.5. The van der Waals surface area contributed by atoms with Crippen molar-refractivity contribution in [3.05, 3.63) is 12.5 Å². The fourth-order valence-corrected chi connectivity index (χ4v) is 6.06. The number of halogens is 1. The molecule has 0 spiro atoms. The van der Waals surface area contributed by atoms with Crippen LogP contribution in [0.2, 0.25) is 0 Å². The van der Waals surface area contributed by atoms with Crippen LogP contribution in [0.1, 0.15) is 6.23 Å². The van der Waals surface area contributed by atoms with Crippen molar-refractivity contribution in [1.29, 1.82) is 0 Å². The predicted molar refractivity (Wildman–Crippen MR) is 108 cm³/mol. The first-order valence-corrected chi connectivity index (χ1v) is 13.4. The largest absolute Gasteiger partial charge is 0.490 e. The SMILES string of the molecule is Nc1ncc2ncn([C@@H]3O[C@H](COP(=O)(O)OP(=O)(O)OP(=O)(O)O)[C@H](O)C3(O)C#CCl)c2n1. The number of aliphatic hydroxyl groups excluding tert-OH is 1. The van der Waals surface area contributed by atoms with Gasteiger partial charge >= 0.3 is 23.5 Å². The zero-order valence-corrected chi connectivity index (χ0v) is 19.7. The van der Waals surface area contributed by atoms with E-state index in [9.17, 15) is 33.7 Å². The van der Waals surface area contributed by atoms with Crippen LogP contribution < -0.4 is 5.73 Å². The van der Waals surface area contributed by atoms with E-state index in [2.05, 4.69) is 34.0 Å². The highest BCUT2D eigenvalue weighted by molar-refractivity contribution is 7.66. The number of anilines is 1. The van der Waals surface area contributed by atoms with Crippen LogP contribution in [0, 0.1) is 11.3 Å². The van der Waals surface area contributed by atoms with Crippen molar-refractivity contribution in [3.63, 3.8) is 0 Å². The Hall–Kier alpha value is -1.51. The molecule has 1 aliphatic heterocycles. The number of phosphoric ester groups is 1. The van der Waals surface area contributed by atoms with Gasteiger partial charge in [0, 0.05) is 5.38 Å². The molecule has 0 saturated carbocycles. The number of imidazole rings is 1. The molecule has 2 aromatic rings. The molecular formula is C12H15ClN5O13P3. The minimum atomic E-state index is -5.76. The van der Waals surface area contributed by atoms with Crippen LogP contribution in [0.25, 0.3) is 11.2 Å². The standard InChI is InChI=1S/C12H15ClN5O13P3/c13-2-1-12(20)8(19)7(4-28-33(24,25)31-34(26,27)30-32(21,22)23)29-10(12)18-5-16-6-3-15-11(14)17-9(6)18/h3,5,7-8,10,19-20H,4H2,(H,24,25)(H,26,27)(H2,14,15,17)(H2,21,22,23)/t7-,8+,10-,12?/m1/s1. The Labute approximate surface area is 193 Å². The van der Waals surface area contributed by atoms with Crippen LogP contribution >= 0.6 is 35.1 Å². The van der Waals surface area contributed by atoms with E-state index in [0.29, 0.717) is 0 Å². The molecule has 1 aliphatic rings. The number of hydrogen-bond acceptors (Lipinski definition) is 13. The van der Waals surface area contributed by atoms with Crippen LogP contribution in [0.15, 0.2) is 12.5 Å². The summed E-state index contributed by atoms with van der Waals surface area (Å²) in [6, 6.07) is 0. The first-order chi connectivity index (χ1) is 15.6. The molecule has 3 rings (SSSR count). The fraction of sp³-hybridized carbons (Fsp3) is 0.417. The van der Waals surface area contributed by atoms with Crippen molar-refractivity contribution in [1.82, 2.24) is 19.5 Å². The Bertz CT molecular complexity index is 1290. The lowest BCUT2D eigenvalue weighted by Crippen LogP contribution is -2.46. The highest BCUT2D eigenvalue weighted by Crippen LogP contribution is 2.66. The van der Waals surface area contributed by atoms with E-state index in [1.54, 1.807) is 0 Å². The number of phosphoric acid groups is 3. The van der Waals surface area contributed by atoms with E-state index in [4.69, 9.17) is 31.9 Å².